The van der Waals surface area contributed by atoms with Crippen molar-refractivity contribution >= 4 is 17.5 Å². The van der Waals surface area contributed by atoms with Crippen LogP contribution in [0.4, 0.5) is 0 Å². The van der Waals surface area contributed by atoms with Gasteiger partial charge in [-0.2, -0.15) is 11.8 Å². The van der Waals surface area contributed by atoms with Gasteiger partial charge in [-0.05, 0) is 39.6 Å². The minimum absolute atomic E-state index is 0.318. The fraction of sp³-hybridized carbons (Fsp3) is 0.900. The van der Waals surface area contributed by atoms with Gasteiger partial charge in [-0.3, -0.25) is 0 Å². The molecule has 0 bridgehead atoms. The SMILES string of the molecule is CC(=O)CCCCSCCN(C)C. The second kappa shape index (κ2) is 8.57. The minimum Gasteiger partial charge on any atom is -0.309 e. The zero-order chi connectivity index (χ0) is 10.1. The molecule has 78 valence electrons. The molecule has 0 spiro atoms. The van der Waals surface area contributed by atoms with Gasteiger partial charge in [0.25, 0.3) is 0 Å². The zero-order valence-corrected chi connectivity index (χ0v) is 9.82. The van der Waals surface area contributed by atoms with Crippen LogP contribution in [-0.2, 0) is 4.79 Å². The summed E-state index contributed by atoms with van der Waals surface area (Å²) in [6, 6.07) is 0. The second-order valence-corrected chi connectivity index (χ2v) is 4.80. The zero-order valence-electron chi connectivity index (χ0n) is 9.01. The molecule has 0 aromatic heterocycles. The Kier molecular flexibility index (Phi) is 8.56. The maximum Gasteiger partial charge on any atom is 0.129 e. The van der Waals surface area contributed by atoms with Crippen LogP contribution in [-0.4, -0.2) is 42.8 Å². The number of unbranched alkanes of at least 4 members (excludes halogenated alkanes) is 1. The van der Waals surface area contributed by atoms with Crippen molar-refractivity contribution < 1.29 is 4.79 Å². The van der Waals surface area contributed by atoms with Crippen LogP contribution in [0.5, 0.6) is 0 Å². The Balaban J connectivity index is 2.96. The van der Waals surface area contributed by atoms with Gasteiger partial charge in [-0.25, -0.2) is 0 Å². The van der Waals surface area contributed by atoms with E-state index in [1.54, 1.807) is 6.92 Å². The molecule has 3 heteroatoms. The summed E-state index contributed by atoms with van der Waals surface area (Å²) in [5.74, 6) is 2.71. The Labute approximate surface area is 86.1 Å². The van der Waals surface area contributed by atoms with E-state index < -0.39 is 0 Å². The third kappa shape index (κ3) is 12.0. The Bertz CT molecular complexity index is 137. The molecule has 2 nitrogen and oxygen atoms in total. The molecule has 13 heavy (non-hydrogen) atoms. The molecule has 0 N–H and O–H groups in total. The lowest BCUT2D eigenvalue weighted by Gasteiger charge is -2.08. The number of hydrogen-bond donors (Lipinski definition) is 0. The van der Waals surface area contributed by atoms with Gasteiger partial charge in [0.05, 0.1) is 0 Å². The molecule has 0 heterocycles. The predicted octanol–water partition coefficient (Wildman–Crippen LogP) is 2.04. The van der Waals surface area contributed by atoms with Crippen molar-refractivity contribution in [3.8, 4) is 0 Å². The van der Waals surface area contributed by atoms with Gasteiger partial charge in [0.1, 0.15) is 5.78 Å². The van der Waals surface area contributed by atoms with Crippen molar-refractivity contribution in [1.29, 1.82) is 0 Å². The molecular weight excluding hydrogens is 182 g/mol. The Morgan fingerprint density at radius 1 is 1.23 bits per heavy atom. The monoisotopic (exact) mass is 203 g/mol. The summed E-state index contributed by atoms with van der Waals surface area (Å²) in [7, 11) is 4.19. The van der Waals surface area contributed by atoms with Crippen LogP contribution in [0, 0.1) is 0 Å². The molecule has 0 amide bonds. The summed E-state index contributed by atoms with van der Waals surface area (Å²) in [5.41, 5.74) is 0. The van der Waals surface area contributed by atoms with Crippen molar-refractivity contribution in [2.24, 2.45) is 0 Å². The second-order valence-electron chi connectivity index (χ2n) is 3.57. The number of ketones is 1. The molecule has 0 unspecified atom stereocenters. The van der Waals surface area contributed by atoms with Gasteiger partial charge >= 0.3 is 0 Å². The first-order valence-corrected chi connectivity index (χ1v) is 6.00. The summed E-state index contributed by atoms with van der Waals surface area (Å²) in [5, 5.41) is 0. The molecule has 0 aromatic carbocycles. The predicted molar refractivity (Wildman–Crippen MR) is 60.4 cm³/mol. The van der Waals surface area contributed by atoms with E-state index >= 15 is 0 Å². The molecule has 0 aliphatic rings. The first-order valence-electron chi connectivity index (χ1n) is 4.85. The normalized spacial score (nSPS) is 10.8. The number of carbonyl (C=O) groups excluding carboxylic acids is 1. The van der Waals surface area contributed by atoms with E-state index in [0.29, 0.717) is 5.78 Å². The van der Waals surface area contributed by atoms with Gasteiger partial charge in [0.2, 0.25) is 0 Å². The third-order valence-electron chi connectivity index (χ3n) is 1.75. The fourth-order valence-electron chi connectivity index (χ4n) is 0.927. The average Bonchev–Trinajstić information content (AvgIpc) is 2.01. The third-order valence-corrected chi connectivity index (χ3v) is 2.80. The molecule has 0 saturated heterocycles. The molecule has 0 saturated carbocycles. The first kappa shape index (κ1) is 13.0. The van der Waals surface area contributed by atoms with E-state index in [0.717, 1.165) is 19.4 Å². The van der Waals surface area contributed by atoms with E-state index in [1.807, 2.05) is 11.8 Å². The van der Waals surface area contributed by atoms with Crippen LogP contribution in [0.1, 0.15) is 26.2 Å². The molecule has 0 fully saturated rings. The van der Waals surface area contributed by atoms with Crippen LogP contribution in [0.25, 0.3) is 0 Å². The number of carbonyl (C=O) groups is 1. The highest BCUT2D eigenvalue weighted by Crippen LogP contribution is 2.06. The van der Waals surface area contributed by atoms with Crippen molar-refractivity contribution in [3.05, 3.63) is 0 Å². The van der Waals surface area contributed by atoms with Gasteiger partial charge < -0.3 is 9.69 Å². The van der Waals surface area contributed by atoms with Crippen LogP contribution in [0.15, 0.2) is 0 Å². The molecular formula is C10H21NOS. The Hall–Kier alpha value is -0.0200. The summed E-state index contributed by atoms with van der Waals surface area (Å²) in [6.45, 7) is 2.82. The van der Waals surface area contributed by atoms with Crippen molar-refractivity contribution in [1.82, 2.24) is 4.90 Å². The lowest BCUT2D eigenvalue weighted by atomic mass is 10.2. The number of hydrogen-bond acceptors (Lipinski definition) is 3. The molecule has 0 aliphatic heterocycles. The Morgan fingerprint density at radius 2 is 1.92 bits per heavy atom. The average molecular weight is 203 g/mol. The van der Waals surface area contributed by atoms with Gasteiger partial charge in [-0.1, -0.05) is 0 Å². The highest BCUT2D eigenvalue weighted by molar-refractivity contribution is 7.99. The van der Waals surface area contributed by atoms with E-state index in [4.69, 9.17) is 0 Å². The van der Waals surface area contributed by atoms with Crippen molar-refractivity contribution in [2.75, 3.05) is 32.1 Å². The summed E-state index contributed by atoms with van der Waals surface area (Å²) < 4.78 is 0. The molecule has 0 rings (SSSR count). The lowest BCUT2D eigenvalue weighted by molar-refractivity contribution is -0.117. The topological polar surface area (TPSA) is 20.3 Å². The van der Waals surface area contributed by atoms with E-state index in [2.05, 4.69) is 19.0 Å². The highest BCUT2D eigenvalue weighted by atomic mass is 32.2. The van der Waals surface area contributed by atoms with Crippen molar-refractivity contribution in [3.63, 3.8) is 0 Å². The number of thioether (sulfide) groups is 1. The maximum absolute atomic E-state index is 10.6. The molecule has 0 aliphatic carbocycles. The van der Waals surface area contributed by atoms with Gasteiger partial charge in [-0.15, -0.1) is 0 Å². The number of rotatable bonds is 8. The summed E-state index contributed by atoms with van der Waals surface area (Å²) in [6.07, 6.45) is 3.00. The number of Topliss-reactive ketones (excluding diaryl/α,β-unsaturated/α-hetero) is 1. The number of nitrogens with zero attached hydrogens (tertiary/aromatic N) is 1. The molecule has 0 atom stereocenters. The van der Waals surface area contributed by atoms with Crippen LogP contribution in [0.2, 0.25) is 0 Å². The smallest absolute Gasteiger partial charge is 0.129 e. The molecule has 0 radical (unpaired) electrons. The maximum atomic E-state index is 10.6. The van der Waals surface area contributed by atoms with E-state index in [-0.39, 0.29) is 0 Å². The van der Waals surface area contributed by atoms with Crippen molar-refractivity contribution in [2.45, 2.75) is 26.2 Å². The van der Waals surface area contributed by atoms with Crippen LogP contribution >= 0.6 is 11.8 Å². The standard InChI is InChI=1S/C10H21NOS/c1-10(12)6-4-5-8-13-9-7-11(2)3/h4-9H2,1-3H3. The highest BCUT2D eigenvalue weighted by Gasteiger charge is 1.94. The largest absolute Gasteiger partial charge is 0.309 e. The first-order chi connectivity index (χ1) is 6.13. The summed E-state index contributed by atoms with van der Waals surface area (Å²) in [4.78, 5) is 12.8. The molecule has 0 aromatic rings. The van der Waals surface area contributed by atoms with Gasteiger partial charge in [0, 0.05) is 18.7 Å². The van der Waals surface area contributed by atoms with E-state index in [1.165, 1.54) is 17.9 Å². The lowest BCUT2D eigenvalue weighted by Crippen LogP contribution is -2.14. The summed E-state index contributed by atoms with van der Waals surface area (Å²) >= 11 is 1.98. The minimum atomic E-state index is 0.318. The van der Waals surface area contributed by atoms with Crippen LogP contribution < -0.4 is 0 Å². The quantitative estimate of drug-likeness (QED) is 0.563. The van der Waals surface area contributed by atoms with Gasteiger partial charge in [0.15, 0.2) is 0 Å². The van der Waals surface area contributed by atoms with E-state index in [9.17, 15) is 4.79 Å². The fourth-order valence-corrected chi connectivity index (χ4v) is 2.03. The van der Waals surface area contributed by atoms with Crippen LogP contribution in [0.3, 0.4) is 0 Å². The Morgan fingerprint density at radius 3 is 2.46 bits per heavy atom.